The van der Waals surface area contributed by atoms with Crippen molar-refractivity contribution in [3.63, 3.8) is 0 Å². The molecule has 0 radical (unpaired) electrons. The lowest BCUT2D eigenvalue weighted by Gasteiger charge is -2.26. The highest BCUT2D eigenvalue weighted by molar-refractivity contribution is 7.93. The van der Waals surface area contributed by atoms with E-state index >= 15 is 0 Å². The predicted octanol–water partition coefficient (Wildman–Crippen LogP) is 5.32. The lowest BCUT2D eigenvalue weighted by molar-refractivity contribution is 0.595. The third-order valence-corrected chi connectivity index (χ3v) is 6.80. The highest BCUT2D eigenvalue weighted by atomic mass is 32.2. The largest absolute Gasteiger partial charge is 0.329 e. The number of nitrogens with zero attached hydrogens (tertiary/aromatic N) is 2. The molecule has 0 aliphatic heterocycles. The van der Waals surface area contributed by atoms with E-state index in [1.165, 1.54) is 4.31 Å². The first-order valence-corrected chi connectivity index (χ1v) is 10.6. The van der Waals surface area contributed by atoms with Crippen LogP contribution >= 0.6 is 0 Å². The second-order valence-corrected chi connectivity index (χ2v) is 8.73. The van der Waals surface area contributed by atoms with E-state index in [1.54, 1.807) is 12.1 Å². The van der Waals surface area contributed by atoms with Crippen LogP contribution in [0.4, 0.5) is 11.5 Å². The van der Waals surface area contributed by atoms with Gasteiger partial charge in [-0.15, -0.1) is 0 Å². The summed E-state index contributed by atoms with van der Waals surface area (Å²) in [6.45, 7) is 3.91. The van der Waals surface area contributed by atoms with Crippen LogP contribution in [0.3, 0.4) is 0 Å². The van der Waals surface area contributed by atoms with Gasteiger partial charge < -0.3 is 4.57 Å². The summed E-state index contributed by atoms with van der Waals surface area (Å²) >= 11 is 0. The van der Waals surface area contributed by atoms with Gasteiger partial charge >= 0.3 is 0 Å². The molecule has 4 rings (SSSR count). The molecular weight excluding hydrogens is 368 g/mol. The minimum Gasteiger partial charge on any atom is -0.329 e. The fraction of sp³-hybridized carbons (Fsp3) is 0.130. The third-order valence-electron chi connectivity index (χ3n) is 5.06. The van der Waals surface area contributed by atoms with Crippen LogP contribution in [0.15, 0.2) is 83.8 Å². The first kappa shape index (κ1) is 18.3. The summed E-state index contributed by atoms with van der Waals surface area (Å²) in [5.41, 5.74) is 3.55. The van der Waals surface area contributed by atoms with Crippen molar-refractivity contribution in [2.24, 2.45) is 7.05 Å². The van der Waals surface area contributed by atoms with E-state index in [2.05, 4.69) is 0 Å². The van der Waals surface area contributed by atoms with Crippen LogP contribution in [0.1, 0.15) is 11.1 Å². The fourth-order valence-electron chi connectivity index (χ4n) is 3.61. The summed E-state index contributed by atoms with van der Waals surface area (Å²) < 4.78 is 30.9. The number of benzene rings is 3. The molecule has 0 N–H and O–H groups in total. The van der Waals surface area contributed by atoms with Crippen molar-refractivity contribution in [2.75, 3.05) is 4.31 Å². The lowest BCUT2D eigenvalue weighted by atomic mass is 10.2. The van der Waals surface area contributed by atoms with Crippen LogP contribution in [0.25, 0.3) is 10.9 Å². The Labute approximate surface area is 165 Å². The van der Waals surface area contributed by atoms with Gasteiger partial charge in [-0.3, -0.25) is 0 Å². The van der Waals surface area contributed by atoms with Crippen LogP contribution in [-0.2, 0) is 17.1 Å². The average molecular weight is 391 g/mol. The number of hydrogen-bond donors (Lipinski definition) is 0. The van der Waals surface area contributed by atoms with Gasteiger partial charge in [0.05, 0.1) is 10.6 Å². The molecule has 5 heteroatoms. The first-order valence-electron chi connectivity index (χ1n) is 9.12. The molecule has 4 aromatic rings. The molecule has 3 aromatic carbocycles. The molecule has 0 saturated heterocycles. The average Bonchev–Trinajstić information content (AvgIpc) is 2.95. The second-order valence-electron chi connectivity index (χ2n) is 6.94. The smallest absolute Gasteiger partial charge is 0.269 e. The maximum Gasteiger partial charge on any atom is 0.269 e. The second kappa shape index (κ2) is 6.84. The highest BCUT2D eigenvalue weighted by Crippen LogP contribution is 2.39. The minimum atomic E-state index is -3.80. The molecule has 28 heavy (non-hydrogen) atoms. The standard InChI is InChI=1S/C23H22N2O2S/c1-17-13-15-20(16-14-17)28(26,27)25(19-9-5-4-6-10-19)23-18(2)21-11-7-8-12-22(21)24(23)3/h4-16H,1-3H3. The Kier molecular flexibility index (Phi) is 4.47. The van der Waals surface area contributed by atoms with Gasteiger partial charge in [-0.2, -0.15) is 0 Å². The predicted molar refractivity (Wildman–Crippen MR) is 115 cm³/mol. The number of para-hydroxylation sites is 2. The van der Waals surface area contributed by atoms with Gasteiger partial charge in [0.15, 0.2) is 0 Å². The van der Waals surface area contributed by atoms with E-state index in [4.69, 9.17) is 0 Å². The summed E-state index contributed by atoms with van der Waals surface area (Å²) in [5.74, 6) is 0.646. The summed E-state index contributed by atoms with van der Waals surface area (Å²) in [7, 11) is -1.90. The monoisotopic (exact) mass is 390 g/mol. The zero-order chi connectivity index (χ0) is 19.9. The molecule has 0 aliphatic rings. The Hall–Kier alpha value is -3.05. The van der Waals surface area contributed by atoms with Gasteiger partial charge in [-0.05, 0) is 44.2 Å². The number of rotatable bonds is 4. The van der Waals surface area contributed by atoms with Crippen LogP contribution < -0.4 is 4.31 Å². The van der Waals surface area contributed by atoms with Gasteiger partial charge in [0.2, 0.25) is 0 Å². The van der Waals surface area contributed by atoms with Crippen LogP contribution in [0, 0.1) is 13.8 Å². The molecular formula is C23H22N2O2S. The molecule has 0 saturated carbocycles. The topological polar surface area (TPSA) is 42.3 Å². The minimum absolute atomic E-state index is 0.270. The third kappa shape index (κ3) is 2.88. The molecule has 4 nitrogen and oxygen atoms in total. The quantitative estimate of drug-likeness (QED) is 0.473. The maximum atomic E-state index is 13.7. The number of sulfonamides is 1. The Morgan fingerprint density at radius 1 is 0.786 bits per heavy atom. The molecule has 142 valence electrons. The molecule has 1 heterocycles. The van der Waals surface area contributed by atoms with Crippen molar-refractivity contribution >= 4 is 32.4 Å². The molecule has 0 unspecified atom stereocenters. The number of hydrogen-bond acceptors (Lipinski definition) is 2. The van der Waals surface area contributed by atoms with Gasteiger partial charge in [0, 0.05) is 23.5 Å². The normalized spacial score (nSPS) is 11.7. The zero-order valence-electron chi connectivity index (χ0n) is 16.1. The highest BCUT2D eigenvalue weighted by Gasteiger charge is 2.31. The summed E-state index contributed by atoms with van der Waals surface area (Å²) in [4.78, 5) is 0.270. The molecule has 0 fully saturated rings. The molecule has 0 atom stereocenters. The van der Waals surface area contributed by atoms with E-state index in [0.29, 0.717) is 11.5 Å². The van der Waals surface area contributed by atoms with Gasteiger partial charge in [-0.25, -0.2) is 12.7 Å². The molecule has 0 spiro atoms. The molecule has 0 aliphatic carbocycles. The van der Waals surface area contributed by atoms with Gasteiger partial charge in [0.25, 0.3) is 10.0 Å². The van der Waals surface area contributed by atoms with E-state index in [-0.39, 0.29) is 4.90 Å². The van der Waals surface area contributed by atoms with Crippen molar-refractivity contribution in [3.8, 4) is 0 Å². The van der Waals surface area contributed by atoms with Crippen molar-refractivity contribution < 1.29 is 8.42 Å². The van der Waals surface area contributed by atoms with Crippen molar-refractivity contribution in [1.82, 2.24) is 4.57 Å². The maximum absolute atomic E-state index is 13.7. The van der Waals surface area contributed by atoms with E-state index in [1.807, 2.05) is 92.2 Å². The van der Waals surface area contributed by atoms with Crippen molar-refractivity contribution in [1.29, 1.82) is 0 Å². The SMILES string of the molecule is Cc1ccc(S(=O)(=O)N(c2ccccc2)c2c(C)c3ccccc3n2C)cc1. The van der Waals surface area contributed by atoms with Crippen LogP contribution in [0.5, 0.6) is 0 Å². The van der Waals surface area contributed by atoms with Crippen molar-refractivity contribution in [2.45, 2.75) is 18.7 Å². The lowest BCUT2D eigenvalue weighted by Crippen LogP contribution is -2.28. The van der Waals surface area contributed by atoms with E-state index in [0.717, 1.165) is 22.0 Å². The van der Waals surface area contributed by atoms with Crippen molar-refractivity contribution in [3.05, 3.63) is 90.0 Å². The molecule has 0 amide bonds. The first-order chi connectivity index (χ1) is 13.4. The Morgan fingerprint density at radius 2 is 1.39 bits per heavy atom. The Morgan fingerprint density at radius 3 is 2.04 bits per heavy atom. The van der Waals surface area contributed by atoms with E-state index in [9.17, 15) is 8.42 Å². The van der Waals surface area contributed by atoms with Crippen LogP contribution in [-0.4, -0.2) is 13.0 Å². The van der Waals surface area contributed by atoms with Gasteiger partial charge in [-0.1, -0.05) is 54.1 Å². The number of aryl methyl sites for hydroxylation is 3. The number of aromatic nitrogens is 1. The summed E-state index contributed by atoms with van der Waals surface area (Å²) in [6, 6.07) is 24.2. The summed E-state index contributed by atoms with van der Waals surface area (Å²) in [5, 5.41) is 1.04. The molecule has 1 aromatic heterocycles. The summed E-state index contributed by atoms with van der Waals surface area (Å²) in [6.07, 6.45) is 0. The van der Waals surface area contributed by atoms with Gasteiger partial charge in [0.1, 0.15) is 5.82 Å². The Balaban J connectivity index is 2.03. The van der Waals surface area contributed by atoms with E-state index < -0.39 is 10.0 Å². The Bertz CT molecular complexity index is 1200. The number of fused-ring (bicyclic) bond motifs is 1. The fourth-order valence-corrected chi connectivity index (χ4v) is 5.19. The zero-order valence-corrected chi connectivity index (χ0v) is 16.9. The van der Waals surface area contributed by atoms with Crippen LogP contribution in [0.2, 0.25) is 0 Å². The molecule has 0 bridgehead atoms. The number of anilines is 2.